The summed E-state index contributed by atoms with van der Waals surface area (Å²) in [5.41, 5.74) is 1.53. The Morgan fingerprint density at radius 1 is 1.30 bits per heavy atom. The van der Waals surface area contributed by atoms with E-state index in [0.717, 1.165) is 35.8 Å². The summed E-state index contributed by atoms with van der Waals surface area (Å²) < 4.78 is 1.72. The molecule has 2 aromatic heterocycles. The number of nitrogens with one attached hydrogen (secondary N) is 1. The highest BCUT2D eigenvalue weighted by Gasteiger charge is 2.22. The number of nitrogens with zero attached hydrogens (tertiary/aromatic N) is 3. The molecule has 1 N–H and O–H groups in total. The maximum Gasteiger partial charge on any atom is 0.251 e. The van der Waals surface area contributed by atoms with Gasteiger partial charge < -0.3 is 4.98 Å². The number of rotatable bonds is 2. The molecule has 5 nitrogen and oxygen atoms in total. The summed E-state index contributed by atoms with van der Waals surface area (Å²) >= 11 is 0. The van der Waals surface area contributed by atoms with Crippen LogP contribution in [0, 0.1) is 5.92 Å². The van der Waals surface area contributed by atoms with Crippen LogP contribution in [0.5, 0.6) is 0 Å². The Labute approximate surface area is 118 Å². The lowest BCUT2D eigenvalue weighted by molar-refractivity contribution is 0.339. The third-order valence-corrected chi connectivity index (χ3v) is 4.16. The molecule has 20 heavy (non-hydrogen) atoms. The van der Waals surface area contributed by atoms with E-state index < -0.39 is 0 Å². The van der Waals surface area contributed by atoms with E-state index in [1.807, 2.05) is 13.2 Å². The maximum atomic E-state index is 11.9. The van der Waals surface area contributed by atoms with Crippen LogP contribution in [0.25, 0.3) is 11.3 Å². The van der Waals surface area contributed by atoms with Gasteiger partial charge in [0.25, 0.3) is 5.56 Å². The van der Waals surface area contributed by atoms with Gasteiger partial charge in [-0.25, -0.2) is 4.98 Å². The standard InChI is InChI=1S/C15H20N4O/c1-10-3-5-11(6-4-10)15-17-13(7-14(20)18-15)12-8-16-19(2)9-12/h7-11H,3-6H2,1-2H3,(H,17,18,20). The molecule has 1 fully saturated rings. The quantitative estimate of drug-likeness (QED) is 0.913. The van der Waals surface area contributed by atoms with Crippen LogP contribution < -0.4 is 5.56 Å². The van der Waals surface area contributed by atoms with E-state index in [0.29, 0.717) is 5.92 Å². The van der Waals surface area contributed by atoms with Crippen molar-refractivity contribution in [3.05, 3.63) is 34.6 Å². The van der Waals surface area contributed by atoms with Crippen molar-refractivity contribution in [2.24, 2.45) is 13.0 Å². The van der Waals surface area contributed by atoms with E-state index in [9.17, 15) is 4.79 Å². The van der Waals surface area contributed by atoms with Gasteiger partial charge in [-0.15, -0.1) is 0 Å². The van der Waals surface area contributed by atoms with Gasteiger partial charge in [0.15, 0.2) is 0 Å². The summed E-state index contributed by atoms with van der Waals surface area (Å²) in [7, 11) is 1.86. The minimum Gasteiger partial charge on any atom is -0.310 e. The van der Waals surface area contributed by atoms with Crippen LogP contribution >= 0.6 is 0 Å². The highest BCUT2D eigenvalue weighted by Crippen LogP contribution is 2.34. The number of aromatic nitrogens is 4. The molecule has 5 heteroatoms. The fourth-order valence-electron chi connectivity index (χ4n) is 2.90. The van der Waals surface area contributed by atoms with Crippen LogP contribution in [-0.2, 0) is 7.05 Å². The summed E-state index contributed by atoms with van der Waals surface area (Å²) in [6, 6.07) is 1.55. The highest BCUT2D eigenvalue weighted by molar-refractivity contribution is 5.56. The summed E-state index contributed by atoms with van der Waals surface area (Å²) in [6.45, 7) is 2.29. The zero-order chi connectivity index (χ0) is 14.1. The normalized spacial score (nSPS) is 22.9. The van der Waals surface area contributed by atoms with Gasteiger partial charge in [-0.05, 0) is 18.8 Å². The van der Waals surface area contributed by atoms with Gasteiger partial charge in [-0.1, -0.05) is 19.8 Å². The molecule has 0 bridgehead atoms. The number of aromatic amines is 1. The summed E-state index contributed by atoms with van der Waals surface area (Å²) in [5, 5.41) is 4.14. The average molecular weight is 272 g/mol. The van der Waals surface area contributed by atoms with Crippen LogP contribution in [-0.4, -0.2) is 19.7 Å². The van der Waals surface area contributed by atoms with Crippen molar-refractivity contribution < 1.29 is 0 Å². The number of aryl methyl sites for hydroxylation is 1. The topological polar surface area (TPSA) is 63.6 Å². The zero-order valence-electron chi connectivity index (χ0n) is 12.0. The fraction of sp³-hybridized carbons (Fsp3) is 0.533. The molecule has 0 aromatic carbocycles. The van der Waals surface area contributed by atoms with Gasteiger partial charge in [0, 0.05) is 30.8 Å². The van der Waals surface area contributed by atoms with Gasteiger partial charge in [-0.3, -0.25) is 9.48 Å². The van der Waals surface area contributed by atoms with Crippen molar-refractivity contribution >= 4 is 0 Å². The van der Waals surface area contributed by atoms with Gasteiger partial charge in [0.05, 0.1) is 11.9 Å². The molecule has 2 aromatic rings. The zero-order valence-corrected chi connectivity index (χ0v) is 12.0. The number of H-pyrrole nitrogens is 1. The molecule has 0 atom stereocenters. The van der Waals surface area contributed by atoms with Crippen molar-refractivity contribution in [1.29, 1.82) is 0 Å². The van der Waals surface area contributed by atoms with Crippen molar-refractivity contribution in [1.82, 2.24) is 19.7 Å². The third kappa shape index (κ3) is 2.66. The molecule has 0 unspecified atom stereocenters. The monoisotopic (exact) mass is 272 g/mol. The van der Waals surface area contributed by atoms with Gasteiger partial charge in [-0.2, -0.15) is 5.10 Å². The van der Waals surface area contributed by atoms with Crippen molar-refractivity contribution in [3.8, 4) is 11.3 Å². The highest BCUT2D eigenvalue weighted by atomic mass is 16.1. The van der Waals surface area contributed by atoms with E-state index in [1.165, 1.54) is 12.8 Å². The average Bonchev–Trinajstić information content (AvgIpc) is 2.85. The molecule has 0 radical (unpaired) electrons. The van der Waals surface area contributed by atoms with E-state index in [4.69, 9.17) is 0 Å². The van der Waals surface area contributed by atoms with E-state index in [1.54, 1.807) is 16.9 Å². The molecule has 2 heterocycles. The Bertz CT molecular complexity index is 650. The second-order valence-electron chi connectivity index (χ2n) is 5.88. The summed E-state index contributed by atoms with van der Waals surface area (Å²) in [5.74, 6) is 2.01. The molecule has 0 aliphatic heterocycles. The SMILES string of the molecule is CC1CCC(c2nc(-c3cnn(C)c3)cc(=O)[nH]2)CC1. The molecule has 106 valence electrons. The van der Waals surface area contributed by atoms with Gasteiger partial charge >= 0.3 is 0 Å². The molecule has 1 aliphatic rings. The fourth-order valence-corrected chi connectivity index (χ4v) is 2.90. The Hall–Kier alpha value is -1.91. The molecule has 0 spiro atoms. The molecule has 0 amide bonds. The van der Waals surface area contributed by atoms with E-state index in [2.05, 4.69) is 22.0 Å². The van der Waals surface area contributed by atoms with Crippen LogP contribution in [0.3, 0.4) is 0 Å². The molecular formula is C15H20N4O. The summed E-state index contributed by atoms with van der Waals surface area (Å²) in [4.78, 5) is 19.4. The molecule has 0 saturated heterocycles. The van der Waals surface area contributed by atoms with Crippen LogP contribution in [0.4, 0.5) is 0 Å². The lowest BCUT2D eigenvalue weighted by Gasteiger charge is -2.25. The van der Waals surface area contributed by atoms with Crippen molar-refractivity contribution in [3.63, 3.8) is 0 Å². The second kappa shape index (κ2) is 5.23. The minimum atomic E-state index is -0.0764. The lowest BCUT2D eigenvalue weighted by atomic mass is 9.82. The molecule has 1 aliphatic carbocycles. The first kappa shape index (κ1) is 13.1. The smallest absolute Gasteiger partial charge is 0.251 e. The largest absolute Gasteiger partial charge is 0.310 e. The predicted octanol–water partition coefficient (Wildman–Crippen LogP) is 2.46. The Kier molecular flexibility index (Phi) is 3.42. The second-order valence-corrected chi connectivity index (χ2v) is 5.88. The van der Waals surface area contributed by atoms with E-state index in [-0.39, 0.29) is 5.56 Å². The Morgan fingerprint density at radius 2 is 2.05 bits per heavy atom. The first-order valence-electron chi connectivity index (χ1n) is 7.22. The lowest BCUT2D eigenvalue weighted by Crippen LogP contribution is -2.18. The Morgan fingerprint density at radius 3 is 2.70 bits per heavy atom. The maximum absolute atomic E-state index is 11.9. The summed E-state index contributed by atoms with van der Waals surface area (Å²) in [6.07, 6.45) is 8.28. The first-order valence-corrected chi connectivity index (χ1v) is 7.22. The van der Waals surface area contributed by atoms with Crippen LogP contribution in [0.1, 0.15) is 44.3 Å². The van der Waals surface area contributed by atoms with Crippen molar-refractivity contribution in [2.45, 2.75) is 38.5 Å². The number of hydrogen-bond donors (Lipinski definition) is 1. The van der Waals surface area contributed by atoms with Crippen LogP contribution in [0.15, 0.2) is 23.3 Å². The third-order valence-electron chi connectivity index (χ3n) is 4.16. The van der Waals surface area contributed by atoms with E-state index >= 15 is 0 Å². The van der Waals surface area contributed by atoms with Gasteiger partial charge in [0.2, 0.25) is 0 Å². The molecule has 3 rings (SSSR count). The first-order chi connectivity index (χ1) is 9.61. The molecule has 1 saturated carbocycles. The number of hydrogen-bond acceptors (Lipinski definition) is 3. The minimum absolute atomic E-state index is 0.0764. The van der Waals surface area contributed by atoms with Crippen molar-refractivity contribution in [2.75, 3.05) is 0 Å². The predicted molar refractivity (Wildman–Crippen MR) is 77.4 cm³/mol. The Balaban J connectivity index is 1.93. The molecular weight excluding hydrogens is 252 g/mol. The van der Waals surface area contributed by atoms with Gasteiger partial charge in [0.1, 0.15) is 5.82 Å². The van der Waals surface area contributed by atoms with Crippen LogP contribution in [0.2, 0.25) is 0 Å².